The molecule has 3 heteroatoms. The molecule has 0 radical (unpaired) electrons. The van der Waals surface area contributed by atoms with Crippen LogP contribution in [-0.2, 0) is 14.3 Å². The highest BCUT2D eigenvalue weighted by molar-refractivity contribution is 5.66. The molecule has 0 bridgehead atoms. The third-order valence-corrected chi connectivity index (χ3v) is 6.86. The van der Waals surface area contributed by atoms with Gasteiger partial charge in [0.2, 0.25) is 6.29 Å². The third kappa shape index (κ3) is 2.32. The SMILES string of the molecule is CC(=O)O[C@H]1C[C@@H]2[C@@]3(C)CCCC(C)(C)[C@@H]3CC[C@]2(C)O1. The maximum atomic E-state index is 11.3. The van der Waals surface area contributed by atoms with E-state index in [1.807, 2.05) is 0 Å². The molecule has 1 aliphatic heterocycles. The Morgan fingerprint density at radius 2 is 1.81 bits per heavy atom. The van der Waals surface area contributed by atoms with E-state index in [0.717, 1.165) is 18.8 Å². The molecule has 0 aromatic heterocycles. The molecule has 0 N–H and O–H groups in total. The van der Waals surface area contributed by atoms with Crippen LogP contribution in [0.4, 0.5) is 0 Å². The van der Waals surface area contributed by atoms with E-state index in [0.29, 0.717) is 16.7 Å². The van der Waals surface area contributed by atoms with Crippen molar-refractivity contribution in [1.82, 2.24) is 0 Å². The van der Waals surface area contributed by atoms with Crippen molar-refractivity contribution in [3.8, 4) is 0 Å². The predicted molar refractivity (Wildman–Crippen MR) is 81.6 cm³/mol. The van der Waals surface area contributed by atoms with E-state index in [1.165, 1.54) is 32.6 Å². The number of esters is 1. The molecule has 3 nitrogen and oxygen atoms in total. The number of rotatable bonds is 1. The molecule has 5 atom stereocenters. The number of fused-ring (bicyclic) bond motifs is 3. The highest BCUT2D eigenvalue weighted by Gasteiger charge is 2.62. The van der Waals surface area contributed by atoms with E-state index >= 15 is 0 Å². The number of carbonyl (C=O) groups excluding carboxylic acids is 1. The minimum atomic E-state index is -0.335. The molecule has 1 heterocycles. The molecular weight excluding hydrogens is 264 g/mol. The van der Waals surface area contributed by atoms with Crippen LogP contribution in [0.5, 0.6) is 0 Å². The summed E-state index contributed by atoms with van der Waals surface area (Å²) in [7, 11) is 0. The lowest BCUT2D eigenvalue weighted by Crippen LogP contribution is -2.55. The van der Waals surface area contributed by atoms with Gasteiger partial charge in [0.05, 0.1) is 5.60 Å². The van der Waals surface area contributed by atoms with Crippen LogP contribution < -0.4 is 0 Å². The smallest absolute Gasteiger partial charge is 0.304 e. The summed E-state index contributed by atoms with van der Waals surface area (Å²) in [6.45, 7) is 11.1. The van der Waals surface area contributed by atoms with Crippen molar-refractivity contribution in [1.29, 1.82) is 0 Å². The first kappa shape index (κ1) is 15.3. The van der Waals surface area contributed by atoms with Gasteiger partial charge in [-0.2, -0.15) is 0 Å². The van der Waals surface area contributed by atoms with Gasteiger partial charge in [-0.15, -0.1) is 0 Å². The Labute approximate surface area is 128 Å². The van der Waals surface area contributed by atoms with Gasteiger partial charge in [-0.1, -0.05) is 27.2 Å². The molecular formula is C18H30O3. The Morgan fingerprint density at radius 1 is 1.10 bits per heavy atom. The van der Waals surface area contributed by atoms with E-state index in [1.54, 1.807) is 0 Å². The second-order valence-electron chi connectivity index (χ2n) is 8.70. The van der Waals surface area contributed by atoms with Crippen LogP contribution >= 0.6 is 0 Å². The molecule has 2 aliphatic carbocycles. The Kier molecular flexibility index (Phi) is 3.44. The third-order valence-electron chi connectivity index (χ3n) is 6.86. The highest BCUT2D eigenvalue weighted by Crippen LogP contribution is 2.65. The van der Waals surface area contributed by atoms with Crippen molar-refractivity contribution in [2.45, 2.75) is 85.0 Å². The van der Waals surface area contributed by atoms with E-state index in [2.05, 4.69) is 27.7 Å². The van der Waals surface area contributed by atoms with Gasteiger partial charge in [0, 0.05) is 13.3 Å². The number of hydrogen-bond acceptors (Lipinski definition) is 3. The fourth-order valence-corrected chi connectivity index (χ4v) is 6.06. The zero-order valence-corrected chi connectivity index (χ0v) is 14.2. The minimum absolute atomic E-state index is 0.112. The minimum Gasteiger partial charge on any atom is -0.436 e. The van der Waals surface area contributed by atoms with Gasteiger partial charge >= 0.3 is 5.97 Å². The van der Waals surface area contributed by atoms with Gasteiger partial charge < -0.3 is 9.47 Å². The summed E-state index contributed by atoms with van der Waals surface area (Å²) in [5.41, 5.74) is 0.635. The van der Waals surface area contributed by atoms with Crippen LogP contribution in [0.1, 0.15) is 73.1 Å². The molecule has 3 aliphatic rings. The van der Waals surface area contributed by atoms with E-state index in [9.17, 15) is 4.79 Å². The molecule has 0 aromatic rings. The molecule has 120 valence electrons. The molecule has 0 unspecified atom stereocenters. The van der Waals surface area contributed by atoms with Crippen LogP contribution in [0.15, 0.2) is 0 Å². The van der Waals surface area contributed by atoms with Crippen molar-refractivity contribution in [3.05, 3.63) is 0 Å². The second kappa shape index (κ2) is 4.71. The molecule has 21 heavy (non-hydrogen) atoms. The zero-order chi connectivity index (χ0) is 15.5. The van der Waals surface area contributed by atoms with Gasteiger partial charge in [0.1, 0.15) is 0 Å². The highest BCUT2D eigenvalue weighted by atomic mass is 16.7. The van der Waals surface area contributed by atoms with Gasteiger partial charge in [-0.05, 0) is 55.3 Å². The first-order chi connectivity index (χ1) is 9.67. The normalized spacial score (nSPS) is 48.3. The summed E-state index contributed by atoms with van der Waals surface area (Å²) in [6, 6.07) is 0. The van der Waals surface area contributed by atoms with Crippen LogP contribution in [0.2, 0.25) is 0 Å². The Balaban J connectivity index is 1.89. The molecule has 2 saturated carbocycles. The average Bonchev–Trinajstić information content (AvgIpc) is 2.65. The van der Waals surface area contributed by atoms with Gasteiger partial charge in [0.25, 0.3) is 0 Å². The van der Waals surface area contributed by atoms with Crippen LogP contribution in [0, 0.1) is 22.7 Å². The summed E-state index contributed by atoms with van der Waals surface area (Å²) >= 11 is 0. The van der Waals surface area contributed by atoms with Crippen molar-refractivity contribution in [2.24, 2.45) is 22.7 Å². The van der Waals surface area contributed by atoms with Crippen LogP contribution in [0.3, 0.4) is 0 Å². The topological polar surface area (TPSA) is 35.5 Å². The van der Waals surface area contributed by atoms with E-state index < -0.39 is 0 Å². The lowest BCUT2D eigenvalue weighted by atomic mass is 9.45. The predicted octanol–water partition coefficient (Wildman–Crippen LogP) is 4.30. The number of hydrogen-bond donors (Lipinski definition) is 0. The Hall–Kier alpha value is -0.570. The standard InChI is InChI=1S/C18H30O3/c1-12(19)20-15-11-14-17(4)9-6-8-16(2,3)13(17)7-10-18(14,5)21-15/h13-15H,6-11H2,1-5H3/t13-,14+,15+,17-,18-/m0/s1. The first-order valence-corrected chi connectivity index (χ1v) is 8.52. The maximum Gasteiger partial charge on any atom is 0.304 e. The summed E-state index contributed by atoms with van der Waals surface area (Å²) < 4.78 is 11.6. The fraction of sp³-hybridized carbons (Fsp3) is 0.944. The van der Waals surface area contributed by atoms with Gasteiger partial charge in [-0.25, -0.2) is 0 Å². The number of carbonyl (C=O) groups is 1. The molecule has 1 saturated heterocycles. The van der Waals surface area contributed by atoms with Crippen molar-refractivity contribution in [3.63, 3.8) is 0 Å². The van der Waals surface area contributed by atoms with E-state index in [4.69, 9.17) is 9.47 Å². The fourth-order valence-electron chi connectivity index (χ4n) is 6.06. The van der Waals surface area contributed by atoms with E-state index in [-0.39, 0.29) is 17.9 Å². The zero-order valence-electron chi connectivity index (χ0n) is 14.2. The average molecular weight is 294 g/mol. The van der Waals surface area contributed by atoms with Crippen molar-refractivity contribution >= 4 is 5.97 Å². The van der Waals surface area contributed by atoms with Crippen LogP contribution in [0.25, 0.3) is 0 Å². The molecule has 0 aromatic carbocycles. The van der Waals surface area contributed by atoms with Crippen LogP contribution in [-0.4, -0.2) is 17.9 Å². The lowest BCUT2D eigenvalue weighted by Gasteiger charge is -2.60. The Bertz CT molecular complexity index is 444. The first-order valence-electron chi connectivity index (χ1n) is 8.52. The van der Waals surface area contributed by atoms with Crippen molar-refractivity contribution < 1.29 is 14.3 Å². The van der Waals surface area contributed by atoms with Gasteiger partial charge in [-0.3, -0.25) is 4.79 Å². The lowest BCUT2D eigenvalue weighted by molar-refractivity contribution is -0.199. The summed E-state index contributed by atoms with van der Waals surface area (Å²) in [6.07, 6.45) is 6.81. The molecule has 3 rings (SSSR count). The quantitative estimate of drug-likeness (QED) is 0.676. The summed E-state index contributed by atoms with van der Waals surface area (Å²) in [5, 5.41) is 0. The largest absolute Gasteiger partial charge is 0.436 e. The summed E-state index contributed by atoms with van der Waals surface area (Å²) in [4.78, 5) is 11.3. The molecule has 3 fully saturated rings. The second-order valence-corrected chi connectivity index (χ2v) is 8.70. The maximum absolute atomic E-state index is 11.3. The molecule has 0 amide bonds. The number of ether oxygens (including phenoxy) is 2. The summed E-state index contributed by atoms with van der Waals surface area (Å²) in [5.74, 6) is 1.04. The monoisotopic (exact) mass is 294 g/mol. The van der Waals surface area contributed by atoms with Crippen molar-refractivity contribution in [2.75, 3.05) is 0 Å². The van der Waals surface area contributed by atoms with Gasteiger partial charge in [0.15, 0.2) is 0 Å². The molecule has 0 spiro atoms. The Morgan fingerprint density at radius 3 is 2.48 bits per heavy atom.